The normalized spacial score (nSPS) is 21.2. The molecule has 0 saturated carbocycles. The van der Waals surface area contributed by atoms with Crippen LogP contribution in [0.4, 0.5) is 0 Å². The lowest BCUT2D eigenvalue weighted by atomic mass is 9.93. The Hall–Kier alpha value is -2.73. The molecule has 0 spiro atoms. The lowest BCUT2D eigenvalue weighted by Gasteiger charge is -2.37. The molecule has 0 radical (unpaired) electrons. The molecule has 2 atom stereocenters. The van der Waals surface area contributed by atoms with Crippen LogP contribution in [0.1, 0.15) is 33.6 Å². The zero-order valence-electron chi connectivity index (χ0n) is 15.0. The molecule has 0 bridgehead atoms. The molecule has 2 aliphatic heterocycles. The number of benzene rings is 2. The molecular formula is C20H21NO5. The number of carbonyl (C=O) groups excluding carboxylic acids is 1. The van der Waals surface area contributed by atoms with Crippen LogP contribution in [-0.2, 0) is 4.74 Å². The van der Waals surface area contributed by atoms with Crippen LogP contribution in [0.25, 0.3) is 0 Å². The van der Waals surface area contributed by atoms with Gasteiger partial charge in [-0.05, 0) is 17.2 Å². The Morgan fingerprint density at radius 2 is 1.77 bits per heavy atom. The minimum absolute atomic E-state index is 0.0629. The van der Waals surface area contributed by atoms with Crippen molar-refractivity contribution < 1.29 is 23.7 Å². The standard InChI is InChI=1S/C20H21NO5/c1-23-14-11-13-15(19(25-3)18(14)24-2)20(22)21-9-10-26-17(16(13)21)12-7-5-4-6-8-12/h4-8,11,16-17H,9-10H2,1-3H3/t16-,17-/m1/s1. The zero-order chi connectivity index (χ0) is 18.3. The number of amides is 1. The summed E-state index contributed by atoms with van der Waals surface area (Å²) in [6.45, 7) is 1.03. The number of carbonyl (C=O) groups is 1. The van der Waals surface area contributed by atoms with Gasteiger partial charge in [-0.3, -0.25) is 4.79 Å². The van der Waals surface area contributed by atoms with Crippen molar-refractivity contribution in [3.05, 3.63) is 53.1 Å². The van der Waals surface area contributed by atoms with Gasteiger partial charge >= 0.3 is 0 Å². The molecule has 2 aliphatic rings. The molecule has 2 heterocycles. The van der Waals surface area contributed by atoms with E-state index < -0.39 is 0 Å². The summed E-state index contributed by atoms with van der Waals surface area (Å²) in [7, 11) is 4.65. The lowest BCUT2D eigenvalue weighted by Crippen LogP contribution is -2.40. The van der Waals surface area contributed by atoms with Gasteiger partial charge in [-0.15, -0.1) is 0 Å². The molecular weight excluding hydrogens is 334 g/mol. The largest absolute Gasteiger partial charge is 0.493 e. The van der Waals surface area contributed by atoms with Crippen molar-refractivity contribution in [1.82, 2.24) is 4.90 Å². The van der Waals surface area contributed by atoms with Gasteiger partial charge in [0, 0.05) is 6.54 Å². The van der Waals surface area contributed by atoms with Crippen molar-refractivity contribution in [3.8, 4) is 17.2 Å². The molecule has 136 valence electrons. The fraction of sp³-hybridized carbons (Fsp3) is 0.350. The van der Waals surface area contributed by atoms with Crippen molar-refractivity contribution >= 4 is 5.91 Å². The van der Waals surface area contributed by atoms with Crippen LogP contribution < -0.4 is 14.2 Å². The number of methoxy groups -OCH3 is 3. The van der Waals surface area contributed by atoms with Crippen molar-refractivity contribution in [2.75, 3.05) is 34.5 Å². The van der Waals surface area contributed by atoms with Crippen LogP contribution >= 0.6 is 0 Å². The van der Waals surface area contributed by atoms with Crippen LogP contribution in [0.3, 0.4) is 0 Å². The van der Waals surface area contributed by atoms with Gasteiger partial charge in [0.1, 0.15) is 6.10 Å². The highest BCUT2D eigenvalue weighted by Gasteiger charge is 2.47. The number of fused-ring (bicyclic) bond motifs is 3. The van der Waals surface area contributed by atoms with E-state index in [1.54, 1.807) is 7.11 Å². The summed E-state index contributed by atoms with van der Waals surface area (Å²) in [5.41, 5.74) is 2.41. The SMILES string of the molecule is COc1cc2c(c(OC)c1OC)C(=O)N1CCO[C@H](c3ccccc3)[C@@H]21. The van der Waals surface area contributed by atoms with Crippen LogP contribution in [0.2, 0.25) is 0 Å². The molecule has 1 amide bonds. The average molecular weight is 355 g/mol. The molecule has 6 nitrogen and oxygen atoms in total. The number of nitrogens with zero attached hydrogens (tertiary/aromatic N) is 1. The fourth-order valence-electron chi connectivity index (χ4n) is 3.92. The van der Waals surface area contributed by atoms with Crippen molar-refractivity contribution in [2.24, 2.45) is 0 Å². The third-order valence-corrected chi connectivity index (χ3v) is 5.03. The summed E-state index contributed by atoms with van der Waals surface area (Å²) in [6.07, 6.45) is -0.238. The van der Waals surface area contributed by atoms with Gasteiger partial charge in [-0.1, -0.05) is 30.3 Å². The molecule has 0 aromatic heterocycles. The van der Waals surface area contributed by atoms with Gasteiger partial charge < -0.3 is 23.8 Å². The van der Waals surface area contributed by atoms with E-state index in [0.29, 0.717) is 36.0 Å². The predicted octanol–water partition coefficient (Wildman–Crippen LogP) is 2.98. The molecule has 0 aliphatic carbocycles. The third kappa shape index (κ3) is 2.33. The molecule has 2 aromatic carbocycles. The van der Waals surface area contributed by atoms with E-state index in [9.17, 15) is 4.79 Å². The molecule has 26 heavy (non-hydrogen) atoms. The molecule has 0 N–H and O–H groups in total. The second-order valence-electron chi connectivity index (χ2n) is 6.26. The van der Waals surface area contributed by atoms with E-state index >= 15 is 0 Å². The Morgan fingerprint density at radius 3 is 2.42 bits per heavy atom. The van der Waals surface area contributed by atoms with Gasteiger partial charge in [0.05, 0.1) is 39.5 Å². The quantitative estimate of drug-likeness (QED) is 0.844. The average Bonchev–Trinajstić information content (AvgIpc) is 2.99. The summed E-state index contributed by atoms with van der Waals surface area (Å²) in [4.78, 5) is 15.0. The van der Waals surface area contributed by atoms with Crippen LogP contribution in [0.5, 0.6) is 17.2 Å². The molecule has 0 unspecified atom stereocenters. The number of morpholine rings is 1. The van der Waals surface area contributed by atoms with Crippen LogP contribution in [-0.4, -0.2) is 45.3 Å². The monoisotopic (exact) mass is 355 g/mol. The smallest absolute Gasteiger partial charge is 0.258 e. The predicted molar refractivity (Wildman–Crippen MR) is 95.0 cm³/mol. The van der Waals surface area contributed by atoms with Crippen molar-refractivity contribution in [3.63, 3.8) is 0 Å². The lowest BCUT2D eigenvalue weighted by molar-refractivity contribution is -0.0570. The Labute approximate surface area is 152 Å². The Morgan fingerprint density at radius 1 is 1.04 bits per heavy atom. The summed E-state index contributed by atoms with van der Waals surface area (Å²) in [5.74, 6) is 1.31. The Bertz CT molecular complexity index is 836. The maximum Gasteiger partial charge on any atom is 0.258 e. The van der Waals surface area contributed by atoms with Gasteiger partial charge in [-0.25, -0.2) is 0 Å². The second-order valence-corrected chi connectivity index (χ2v) is 6.26. The first-order valence-corrected chi connectivity index (χ1v) is 8.51. The Kier molecular flexibility index (Phi) is 4.20. The van der Waals surface area contributed by atoms with E-state index in [4.69, 9.17) is 18.9 Å². The second kappa shape index (κ2) is 6.53. The highest BCUT2D eigenvalue weighted by atomic mass is 16.5. The van der Waals surface area contributed by atoms with E-state index in [1.165, 1.54) is 14.2 Å². The van der Waals surface area contributed by atoms with E-state index in [0.717, 1.165) is 11.1 Å². The van der Waals surface area contributed by atoms with Crippen molar-refractivity contribution in [1.29, 1.82) is 0 Å². The summed E-state index contributed by atoms with van der Waals surface area (Å²) in [6, 6.07) is 11.6. The minimum atomic E-state index is -0.238. The number of hydrogen-bond acceptors (Lipinski definition) is 5. The Balaban J connectivity index is 1.91. The maximum absolute atomic E-state index is 13.1. The highest BCUT2D eigenvalue weighted by molar-refractivity contribution is 6.03. The highest BCUT2D eigenvalue weighted by Crippen LogP contribution is 2.53. The first kappa shape index (κ1) is 16.7. The zero-order valence-corrected chi connectivity index (χ0v) is 15.0. The van der Waals surface area contributed by atoms with Crippen molar-refractivity contribution in [2.45, 2.75) is 12.1 Å². The number of ether oxygens (including phenoxy) is 4. The summed E-state index contributed by atoms with van der Waals surface area (Å²) >= 11 is 0. The minimum Gasteiger partial charge on any atom is -0.493 e. The van der Waals surface area contributed by atoms with E-state index in [-0.39, 0.29) is 18.1 Å². The summed E-state index contributed by atoms with van der Waals surface area (Å²) < 4.78 is 22.6. The molecule has 2 aromatic rings. The summed E-state index contributed by atoms with van der Waals surface area (Å²) in [5, 5.41) is 0. The first-order chi connectivity index (χ1) is 12.7. The van der Waals surface area contributed by atoms with Gasteiger partial charge in [0.2, 0.25) is 5.75 Å². The van der Waals surface area contributed by atoms with Gasteiger partial charge in [-0.2, -0.15) is 0 Å². The molecule has 1 fully saturated rings. The maximum atomic E-state index is 13.1. The molecule has 4 rings (SSSR count). The van der Waals surface area contributed by atoms with Gasteiger partial charge in [0.25, 0.3) is 5.91 Å². The van der Waals surface area contributed by atoms with Crippen LogP contribution in [0, 0.1) is 0 Å². The van der Waals surface area contributed by atoms with Gasteiger partial charge in [0.15, 0.2) is 11.5 Å². The third-order valence-electron chi connectivity index (χ3n) is 5.03. The van der Waals surface area contributed by atoms with Crippen LogP contribution in [0.15, 0.2) is 36.4 Å². The number of hydrogen-bond donors (Lipinski definition) is 0. The van der Waals surface area contributed by atoms with E-state index in [1.807, 2.05) is 41.3 Å². The topological polar surface area (TPSA) is 57.2 Å². The fourth-order valence-corrected chi connectivity index (χ4v) is 3.92. The van der Waals surface area contributed by atoms with E-state index in [2.05, 4.69) is 0 Å². The molecule has 6 heteroatoms. The number of rotatable bonds is 4. The molecule has 1 saturated heterocycles. The first-order valence-electron chi connectivity index (χ1n) is 8.51.